The zero-order chi connectivity index (χ0) is 28.6. The molecule has 0 fully saturated rings. The van der Waals surface area contributed by atoms with E-state index in [0.717, 1.165) is 17.5 Å². The van der Waals surface area contributed by atoms with Crippen LogP contribution in [0.25, 0.3) is 0 Å². The summed E-state index contributed by atoms with van der Waals surface area (Å²) in [5, 5.41) is 3.59. The van der Waals surface area contributed by atoms with E-state index in [2.05, 4.69) is 5.32 Å². The molecule has 0 aromatic heterocycles. The highest BCUT2D eigenvalue weighted by molar-refractivity contribution is 6.30. The fraction of sp³-hybridized carbons (Fsp3) is 0.312. The van der Waals surface area contributed by atoms with E-state index in [4.69, 9.17) is 11.6 Å². The zero-order valence-electron chi connectivity index (χ0n) is 22.8. The Balaban J connectivity index is 1.55. The minimum Gasteiger partial charge on any atom is -0.352 e. The first kappa shape index (κ1) is 29.0. The Bertz CT molecular complexity index is 1340. The third kappa shape index (κ3) is 6.96. The summed E-state index contributed by atoms with van der Waals surface area (Å²) in [6.07, 6.45) is 1.44. The van der Waals surface area contributed by atoms with E-state index in [1.54, 1.807) is 41.3 Å². The van der Waals surface area contributed by atoms with Gasteiger partial charge in [0.1, 0.15) is 6.04 Å². The molecule has 2 atom stereocenters. The molecule has 208 valence electrons. The van der Waals surface area contributed by atoms with Gasteiger partial charge in [0.25, 0.3) is 11.8 Å². The largest absolute Gasteiger partial charge is 0.352 e. The lowest BCUT2D eigenvalue weighted by molar-refractivity contribution is -0.141. The van der Waals surface area contributed by atoms with Crippen LogP contribution in [-0.4, -0.2) is 52.1 Å². The van der Waals surface area contributed by atoms with Crippen LogP contribution in [0.15, 0.2) is 78.9 Å². The second-order valence-electron chi connectivity index (χ2n) is 10.1. The minimum atomic E-state index is -0.762. The molecule has 8 heteroatoms. The van der Waals surface area contributed by atoms with Crippen molar-refractivity contribution in [2.24, 2.45) is 0 Å². The highest BCUT2D eigenvalue weighted by Gasteiger charge is 2.35. The molecule has 40 heavy (non-hydrogen) atoms. The number of carbonyl (C=O) groups is 4. The molecule has 1 aliphatic heterocycles. The average Bonchev–Trinajstić information content (AvgIpc) is 3.20. The lowest BCUT2D eigenvalue weighted by atomic mass is 10.0. The van der Waals surface area contributed by atoms with Crippen LogP contribution in [0.5, 0.6) is 0 Å². The van der Waals surface area contributed by atoms with Gasteiger partial charge in [-0.1, -0.05) is 73.1 Å². The van der Waals surface area contributed by atoms with Crippen LogP contribution >= 0.6 is 11.6 Å². The molecule has 3 aromatic carbocycles. The van der Waals surface area contributed by atoms with Crippen molar-refractivity contribution in [3.8, 4) is 0 Å². The van der Waals surface area contributed by atoms with Crippen LogP contribution in [0.1, 0.15) is 65.0 Å². The Morgan fingerprint density at radius 1 is 0.900 bits per heavy atom. The molecule has 2 unspecified atom stereocenters. The number of amides is 4. The SMILES string of the molecule is CCC(C)NC(=O)C(Cc1ccccc1)N(Cc1cccc(Cl)c1)C(=O)CCCN1C(=O)c2ccccc2C1=O. The topological polar surface area (TPSA) is 86.8 Å². The maximum Gasteiger partial charge on any atom is 0.261 e. The lowest BCUT2D eigenvalue weighted by Crippen LogP contribution is -2.52. The number of nitrogens with one attached hydrogen (secondary N) is 1. The summed E-state index contributed by atoms with van der Waals surface area (Å²) in [6.45, 7) is 4.23. The van der Waals surface area contributed by atoms with Crippen molar-refractivity contribution >= 4 is 35.2 Å². The fourth-order valence-electron chi connectivity index (χ4n) is 4.80. The number of imide groups is 1. The second-order valence-corrected chi connectivity index (χ2v) is 10.5. The Morgan fingerprint density at radius 2 is 1.52 bits per heavy atom. The molecular weight excluding hydrogens is 526 g/mol. The van der Waals surface area contributed by atoms with Crippen molar-refractivity contribution in [3.63, 3.8) is 0 Å². The second kappa shape index (κ2) is 13.4. The van der Waals surface area contributed by atoms with Gasteiger partial charge < -0.3 is 10.2 Å². The predicted octanol–water partition coefficient (Wildman–Crippen LogP) is 5.27. The molecule has 7 nitrogen and oxygen atoms in total. The van der Waals surface area contributed by atoms with Gasteiger partial charge in [0, 0.05) is 37.0 Å². The molecule has 0 radical (unpaired) electrons. The normalized spacial score (nSPS) is 14.0. The van der Waals surface area contributed by atoms with Crippen LogP contribution in [0.4, 0.5) is 0 Å². The lowest BCUT2D eigenvalue weighted by Gasteiger charge is -2.32. The van der Waals surface area contributed by atoms with E-state index < -0.39 is 6.04 Å². The zero-order valence-corrected chi connectivity index (χ0v) is 23.6. The molecule has 4 rings (SSSR count). The fourth-order valence-corrected chi connectivity index (χ4v) is 5.01. The monoisotopic (exact) mass is 559 g/mol. The highest BCUT2D eigenvalue weighted by atomic mass is 35.5. The first-order valence-corrected chi connectivity index (χ1v) is 14.0. The average molecular weight is 560 g/mol. The van der Waals surface area contributed by atoms with Crippen molar-refractivity contribution < 1.29 is 19.2 Å². The molecule has 1 heterocycles. The Hall–Kier alpha value is -3.97. The third-order valence-corrected chi connectivity index (χ3v) is 7.40. The quantitative estimate of drug-likeness (QED) is 0.306. The molecule has 0 aliphatic carbocycles. The van der Waals surface area contributed by atoms with Crippen LogP contribution in [-0.2, 0) is 22.6 Å². The molecule has 0 bridgehead atoms. The summed E-state index contributed by atoms with van der Waals surface area (Å²) in [5.41, 5.74) is 2.49. The van der Waals surface area contributed by atoms with Gasteiger partial charge in [0.2, 0.25) is 11.8 Å². The number of nitrogens with zero attached hydrogens (tertiary/aromatic N) is 2. The van der Waals surface area contributed by atoms with Crippen LogP contribution < -0.4 is 5.32 Å². The number of rotatable bonds is 12. The van der Waals surface area contributed by atoms with E-state index >= 15 is 0 Å². The predicted molar refractivity (Wildman–Crippen MR) is 155 cm³/mol. The van der Waals surface area contributed by atoms with Crippen molar-refractivity contribution in [3.05, 3.63) is 106 Å². The minimum absolute atomic E-state index is 0.0530. The van der Waals surface area contributed by atoms with Gasteiger partial charge in [0.15, 0.2) is 0 Å². The van der Waals surface area contributed by atoms with Gasteiger partial charge in [-0.25, -0.2) is 0 Å². The summed E-state index contributed by atoms with van der Waals surface area (Å²) in [7, 11) is 0. The summed E-state index contributed by atoms with van der Waals surface area (Å²) < 4.78 is 0. The molecule has 1 aliphatic rings. The number of carbonyl (C=O) groups excluding carboxylic acids is 4. The summed E-state index contributed by atoms with van der Waals surface area (Å²) >= 11 is 6.24. The summed E-state index contributed by atoms with van der Waals surface area (Å²) in [5.74, 6) is -1.16. The van der Waals surface area contributed by atoms with Gasteiger partial charge in [0.05, 0.1) is 11.1 Å². The van der Waals surface area contributed by atoms with Gasteiger partial charge in [-0.3, -0.25) is 24.1 Å². The number of hydrogen-bond acceptors (Lipinski definition) is 4. The molecule has 4 amide bonds. The van der Waals surface area contributed by atoms with Crippen LogP contribution in [0.3, 0.4) is 0 Å². The van der Waals surface area contributed by atoms with E-state index in [0.29, 0.717) is 22.6 Å². The molecule has 1 N–H and O–H groups in total. The van der Waals surface area contributed by atoms with E-state index in [-0.39, 0.29) is 55.6 Å². The van der Waals surface area contributed by atoms with E-state index in [9.17, 15) is 19.2 Å². The molecule has 0 spiro atoms. The number of halogens is 1. The Morgan fingerprint density at radius 3 is 2.15 bits per heavy atom. The van der Waals surface area contributed by atoms with Crippen molar-refractivity contribution in [1.29, 1.82) is 0 Å². The molecular formula is C32H34ClN3O4. The first-order chi connectivity index (χ1) is 19.3. The summed E-state index contributed by atoms with van der Waals surface area (Å²) in [6, 6.07) is 22.7. The highest BCUT2D eigenvalue weighted by Crippen LogP contribution is 2.23. The maximum absolute atomic E-state index is 13.8. The molecule has 0 saturated carbocycles. The number of fused-ring (bicyclic) bond motifs is 1. The van der Waals surface area contributed by atoms with Gasteiger partial charge in [-0.15, -0.1) is 0 Å². The van der Waals surface area contributed by atoms with Crippen molar-refractivity contribution in [2.75, 3.05) is 6.54 Å². The molecule has 0 saturated heterocycles. The van der Waals surface area contributed by atoms with E-state index in [1.165, 1.54) is 4.90 Å². The first-order valence-electron chi connectivity index (χ1n) is 13.6. The van der Waals surface area contributed by atoms with Crippen molar-refractivity contribution in [2.45, 2.75) is 58.2 Å². The van der Waals surface area contributed by atoms with Crippen molar-refractivity contribution in [1.82, 2.24) is 15.1 Å². The number of hydrogen-bond donors (Lipinski definition) is 1. The van der Waals surface area contributed by atoms with Gasteiger partial charge >= 0.3 is 0 Å². The Labute approximate surface area is 240 Å². The van der Waals surface area contributed by atoms with Crippen LogP contribution in [0.2, 0.25) is 5.02 Å². The third-order valence-electron chi connectivity index (χ3n) is 7.16. The van der Waals surface area contributed by atoms with E-state index in [1.807, 2.05) is 56.3 Å². The Kier molecular flexibility index (Phi) is 9.72. The standard InChI is InChI=1S/C32H34ClN3O4/c1-3-22(2)34-30(38)28(20-23-11-5-4-6-12-23)36(21-24-13-9-14-25(33)19-24)29(37)17-10-18-35-31(39)26-15-7-8-16-27(26)32(35)40/h4-9,11-16,19,22,28H,3,10,17-18,20-21H2,1-2H3,(H,34,38). The van der Waals surface area contributed by atoms with Gasteiger partial charge in [-0.05, 0) is 55.2 Å². The van der Waals surface area contributed by atoms with Crippen LogP contribution in [0, 0.1) is 0 Å². The summed E-state index contributed by atoms with van der Waals surface area (Å²) in [4.78, 5) is 55.7. The molecule has 3 aromatic rings. The smallest absolute Gasteiger partial charge is 0.261 e. The maximum atomic E-state index is 13.8. The van der Waals surface area contributed by atoms with Gasteiger partial charge in [-0.2, -0.15) is 0 Å². The number of benzene rings is 3.